The van der Waals surface area contributed by atoms with E-state index < -0.39 is 54.0 Å². The van der Waals surface area contributed by atoms with Crippen LogP contribution >= 0.6 is 15.9 Å². The van der Waals surface area contributed by atoms with Gasteiger partial charge >= 0.3 is 0 Å². The van der Waals surface area contributed by atoms with Crippen molar-refractivity contribution in [3.05, 3.63) is 52.5 Å². The lowest BCUT2D eigenvalue weighted by molar-refractivity contribution is 0.101. The predicted molar refractivity (Wildman–Crippen MR) is 104 cm³/mol. The molecule has 0 fully saturated rings. The predicted octanol–water partition coefficient (Wildman–Crippen LogP) is 2.79. The fourth-order valence-corrected chi connectivity index (χ4v) is 5.36. The molecule has 7 nitrogen and oxygen atoms in total. The normalized spacial score (nSPS) is 12.2. The highest BCUT2D eigenvalue weighted by Gasteiger charge is 2.27. The van der Waals surface area contributed by atoms with E-state index in [9.17, 15) is 30.4 Å². The molecule has 0 amide bonds. The quantitative estimate of drug-likeness (QED) is 0.516. The first-order valence-electron chi connectivity index (χ1n) is 8.00. The second kappa shape index (κ2) is 9.28. The summed E-state index contributed by atoms with van der Waals surface area (Å²) in [6, 6.07) is 8.64. The number of Topliss-reactive ketones (excluding diaryl/α,β-unsaturated/α-hetero) is 1. The molecule has 29 heavy (non-hydrogen) atoms. The van der Waals surface area contributed by atoms with E-state index in [0.717, 1.165) is 12.1 Å². The van der Waals surface area contributed by atoms with Crippen LogP contribution in [0.4, 0.5) is 8.78 Å². The van der Waals surface area contributed by atoms with Crippen molar-refractivity contribution in [3.63, 3.8) is 0 Å². The Hall–Kier alpha value is -1.89. The molecule has 0 aliphatic rings. The standard InChI is InChI=1S/C17H16BrF2NO6S2/c18-12-6-5-11(9-14(12)27-8-7-17(19)20)13(22)10-28(23,24)15-3-1-2-4-16(15)29(21,25)26/h1-6,9,17H,7-8,10H2,(H2,21,25,26). The minimum atomic E-state index is -4.33. The molecule has 0 heterocycles. The highest BCUT2D eigenvalue weighted by atomic mass is 79.9. The molecule has 2 rings (SSSR count). The van der Waals surface area contributed by atoms with Gasteiger partial charge in [0.15, 0.2) is 15.6 Å². The van der Waals surface area contributed by atoms with Gasteiger partial charge in [0.05, 0.1) is 16.0 Å². The van der Waals surface area contributed by atoms with Crippen LogP contribution in [0.25, 0.3) is 0 Å². The van der Waals surface area contributed by atoms with Crippen LogP contribution in [0.2, 0.25) is 0 Å². The summed E-state index contributed by atoms with van der Waals surface area (Å²) in [5.74, 6) is -1.75. The Kier molecular flexibility index (Phi) is 7.49. The number of halogens is 3. The minimum Gasteiger partial charge on any atom is -0.492 e. The molecule has 158 valence electrons. The average molecular weight is 512 g/mol. The molecule has 0 saturated carbocycles. The van der Waals surface area contributed by atoms with Gasteiger partial charge in [0.25, 0.3) is 0 Å². The van der Waals surface area contributed by atoms with Crippen LogP contribution in [0.5, 0.6) is 5.75 Å². The zero-order valence-corrected chi connectivity index (χ0v) is 17.9. The number of rotatable bonds is 9. The Morgan fingerprint density at radius 1 is 1.07 bits per heavy atom. The van der Waals surface area contributed by atoms with Crippen LogP contribution in [-0.4, -0.2) is 41.4 Å². The lowest BCUT2D eigenvalue weighted by atomic mass is 10.1. The van der Waals surface area contributed by atoms with E-state index in [-0.39, 0.29) is 17.9 Å². The Balaban J connectivity index is 2.28. The highest BCUT2D eigenvalue weighted by Crippen LogP contribution is 2.28. The zero-order valence-electron chi connectivity index (χ0n) is 14.7. The molecular formula is C17H16BrF2NO6S2. The monoisotopic (exact) mass is 511 g/mol. The SMILES string of the molecule is NS(=O)(=O)c1ccccc1S(=O)(=O)CC(=O)c1ccc(Br)c(OCCC(F)F)c1. The summed E-state index contributed by atoms with van der Waals surface area (Å²) >= 11 is 3.15. The third-order valence-corrected chi connectivity index (χ3v) is 7.08. The summed E-state index contributed by atoms with van der Waals surface area (Å²) in [6.45, 7) is -0.298. The van der Waals surface area contributed by atoms with Crippen LogP contribution in [0.3, 0.4) is 0 Å². The number of sulfonamides is 1. The number of ether oxygens (including phenoxy) is 1. The van der Waals surface area contributed by atoms with Crippen LogP contribution in [0, 0.1) is 0 Å². The molecule has 0 spiro atoms. The number of benzene rings is 2. The van der Waals surface area contributed by atoms with Gasteiger partial charge < -0.3 is 4.74 Å². The van der Waals surface area contributed by atoms with Gasteiger partial charge in [-0.25, -0.2) is 30.8 Å². The maximum Gasteiger partial charge on any atom is 0.241 e. The Labute approximate surface area is 175 Å². The lowest BCUT2D eigenvalue weighted by Gasteiger charge is -2.11. The number of ketones is 1. The van der Waals surface area contributed by atoms with Crippen molar-refractivity contribution >= 4 is 41.6 Å². The van der Waals surface area contributed by atoms with Gasteiger partial charge in [-0.2, -0.15) is 0 Å². The molecule has 0 saturated heterocycles. The number of sulfone groups is 1. The molecule has 0 aliphatic carbocycles. The maximum atomic E-state index is 12.6. The summed E-state index contributed by atoms with van der Waals surface area (Å²) in [5, 5.41) is 5.05. The molecule has 2 aromatic carbocycles. The van der Waals surface area contributed by atoms with Crippen molar-refractivity contribution < 1.29 is 35.1 Å². The van der Waals surface area contributed by atoms with Crippen molar-refractivity contribution in [2.45, 2.75) is 22.6 Å². The number of alkyl halides is 2. The highest BCUT2D eigenvalue weighted by molar-refractivity contribution is 9.10. The summed E-state index contributed by atoms with van der Waals surface area (Å²) in [4.78, 5) is 11.3. The van der Waals surface area contributed by atoms with Gasteiger partial charge in [0, 0.05) is 12.0 Å². The molecule has 2 aromatic rings. The van der Waals surface area contributed by atoms with E-state index in [1.54, 1.807) is 0 Å². The van der Waals surface area contributed by atoms with Gasteiger partial charge in [-0.15, -0.1) is 0 Å². The van der Waals surface area contributed by atoms with Crippen molar-refractivity contribution in [3.8, 4) is 5.75 Å². The minimum absolute atomic E-state index is 0.0445. The molecule has 12 heteroatoms. The Morgan fingerprint density at radius 3 is 2.28 bits per heavy atom. The maximum absolute atomic E-state index is 12.6. The van der Waals surface area contributed by atoms with Crippen molar-refractivity contribution in [1.29, 1.82) is 0 Å². The van der Waals surface area contributed by atoms with Crippen molar-refractivity contribution in [1.82, 2.24) is 0 Å². The first-order chi connectivity index (χ1) is 13.4. The molecule has 0 aromatic heterocycles. The van der Waals surface area contributed by atoms with E-state index in [0.29, 0.717) is 4.47 Å². The largest absolute Gasteiger partial charge is 0.492 e. The number of hydrogen-bond donors (Lipinski definition) is 1. The van der Waals surface area contributed by atoms with Crippen LogP contribution in [0.15, 0.2) is 56.7 Å². The van der Waals surface area contributed by atoms with Gasteiger partial charge in [-0.1, -0.05) is 12.1 Å². The average Bonchev–Trinajstić information content (AvgIpc) is 2.62. The summed E-state index contributed by atoms with van der Waals surface area (Å²) in [6.07, 6.45) is -3.06. The first-order valence-corrected chi connectivity index (χ1v) is 12.0. The number of hydrogen-bond acceptors (Lipinski definition) is 6. The third kappa shape index (κ3) is 6.29. The molecule has 0 bridgehead atoms. The van der Waals surface area contributed by atoms with E-state index in [2.05, 4.69) is 15.9 Å². The number of carbonyl (C=O) groups excluding carboxylic acids is 1. The lowest BCUT2D eigenvalue weighted by Crippen LogP contribution is -2.21. The summed E-state index contributed by atoms with van der Waals surface area (Å²) < 4.78 is 78.6. The van der Waals surface area contributed by atoms with E-state index >= 15 is 0 Å². The Morgan fingerprint density at radius 2 is 1.69 bits per heavy atom. The topological polar surface area (TPSA) is 121 Å². The van der Waals surface area contributed by atoms with Crippen LogP contribution in [0.1, 0.15) is 16.8 Å². The smallest absolute Gasteiger partial charge is 0.241 e. The van der Waals surface area contributed by atoms with E-state index in [1.807, 2.05) is 0 Å². The summed E-state index contributed by atoms with van der Waals surface area (Å²) in [7, 11) is -8.66. The molecule has 0 aliphatic heterocycles. The van der Waals surface area contributed by atoms with E-state index in [4.69, 9.17) is 9.88 Å². The molecule has 0 unspecified atom stereocenters. The van der Waals surface area contributed by atoms with Gasteiger partial charge in [-0.05, 0) is 46.3 Å². The van der Waals surface area contributed by atoms with Crippen molar-refractivity contribution in [2.24, 2.45) is 5.14 Å². The van der Waals surface area contributed by atoms with Gasteiger partial charge in [-0.3, -0.25) is 4.79 Å². The van der Waals surface area contributed by atoms with Gasteiger partial charge in [0.2, 0.25) is 16.4 Å². The van der Waals surface area contributed by atoms with Crippen molar-refractivity contribution in [2.75, 3.05) is 12.4 Å². The van der Waals surface area contributed by atoms with Gasteiger partial charge in [0.1, 0.15) is 16.4 Å². The van der Waals surface area contributed by atoms with E-state index in [1.165, 1.54) is 30.3 Å². The summed E-state index contributed by atoms with van der Waals surface area (Å²) in [5.41, 5.74) is -0.0445. The zero-order chi connectivity index (χ0) is 21.8. The second-order valence-corrected chi connectivity index (χ2v) is 10.2. The Bertz CT molecular complexity index is 1120. The number of carbonyl (C=O) groups is 1. The van der Waals surface area contributed by atoms with Crippen LogP contribution in [-0.2, 0) is 19.9 Å². The fraction of sp³-hybridized carbons (Fsp3) is 0.235. The second-order valence-electron chi connectivity index (χ2n) is 5.85. The number of primary sulfonamides is 1. The molecule has 0 radical (unpaired) electrons. The molecule has 2 N–H and O–H groups in total. The fourth-order valence-electron chi connectivity index (χ4n) is 2.32. The number of nitrogens with two attached hydrogens (primary N) is 1. The first kappa shape index (κ1) is 23.4. The van der Waals surface area contributed by atoms with Crippen LogP contribution < -0.4 is 9.88 Å². The molecule has 0 atom stereocenters. The third-order valence-electron chi connectivity index (χ3n) is 3.66. The molecular weight excluding hydrogens is 496 g/mol.